The maximum absolute atomic E-state index is 5.64. The molecule has 1 N–H and O–H groups in total. The van der Waals surface area contributed by atoms with Crippen LogP contribution in [0.2, 0.25) is 0 Å². The first-order valence-electron chi connectivity index (χ1n) is 6.25. The Hall–Kier alpha value is -0.120. The standard InChI is InChI=1S/C12H24N2O/c1-9-4-5-11(8-13-9)14(3)12-6-7-15-10(12)2/h9-13H,4-8H2,1-3H3. The Bertz CT molecular complexity index is 202. The highest BCUT2D eigenvalue weighted by molar-refractivity contribution is 4.88. The van der Waals surface area contributed by atoms with Gasteiger partial charge in [-0.25, -0.2) is 0 Å². The summed E-state index contributed by atoms with van der Waals surface area (Å²) in [6.45, 7) is 6.55. The molecule has 3 nitrogen and oxygen atoms in total. The summed E-state index contributed by atoms with van der Waals surface area (Å²) in [7, 11) is 2.26. The lowest BCUT2D eigenvalue weighted by Crippen LogP contribution is -2.52. The fourth-order valence-electron chi connectivity index (χ4n) is 2.86. The molecule has 2 aliphatic rings. The molecule has 3 heteroatoms. The van der Waals surface area contributed by atoms with Crippen molar-refractivity contribution in [3.63, 3.8) is 0 Å². The van der Waals surface area contributed by atoms with Gasteiger partial charge in [-0.15, -0.1) is 0 Å². The lowest BCUT2D eigenvalue weighted by Gasteiger charge is -2.38. The zero-order valence-corrected chi connectivity index (χ0v) is 10.2. The van der Waals surface area contributed by atoms with Crippen LogP contribution in [0, 0.1) is 0 Å². The maximum atomic E-state index is 5.64. The Balaban J connectivity index is 1.87. The number of nitrogens with one attached hydrogen (secondary N) is 1. The van der Waals surface area contributed by atoms with Gasteiger partial charge >= 0.3 is 0 Å². The summed E-state index contributed by atoms with van der Waals surface area (Å²) >= 11 is 0. The van der Waals surface area contributed by atoms with Crippen LogP contribution < -0.4 is 5.32 Å². The first-order chi connectivity index (χ1) is 7.18. The predicted octanol–water partition coefficient (Wildman–Crippen LogP) is 1.24. The molecule has 2 saturated heterocycles. The van der Waals surface area contributed by atoms with Crippen LogP contribution in [0.15, 0.2) is 0 Å². The number of nitrogens with zero attached hydrogens (tertiary/aromatic N) is 1. The molecule has 0 spiro atoms. The fourth-order valence-corrected chi connectivity index (χ4v) is 2.86. The molecule has 0 aromatic carbocycles. The van der Waals surface area contributed by atoms with E-state index in [0.717, 1.165) is 13.2 Å². The third kappa shape index (κ3) is 2.52. The third-order valence-corrected chi connectivity index (χ3v) is 4.07. The number of hydrogen-bond donors (Lipinski definition) is 1. The van der Waals surface area contributed by atoms with Crippen LogP contribution in [0.1, 0.15) is 33.1 Å². The van der Waals surface area contributed by atoms with Crippen LogP contribution in [0.3, 0.4) is 0 Å². The molecule has 2 fully saturated rings. The van der Waals surface area contributed by atoms with Gasteiger partial charge in [0.05, 0.1) is 6.10 Å². The maximum Gasteiger partial charge on any atom is 0.0703 e. The largest absolute Gasteiger partial charge is 0.377 e. The fraction of sp³-hybridized carbons (Fsp3) is 1.00. The summed E-state index contributed by atoms with van der Waals surface area (Å²) in [5, 5.41) is 3.57. The molecule has 0 amide bonds. The van der Waals surface area contributed by atoms with Crippen molar-refractivity contribution in [1.29, 1.82) is 0 Å². The Morgan fingerprint density at radius 2 is 2.00 bits per heavy atom. The highest BCUT2D eigenvalue weighted by atomic mass is 16.5. The monoisotopic (exact) mass is 212 g/mol. The molecule has 0 aromatic heterocycles. The van der Waals surface area contributed by atoms with Crippen LogP contribution in [-0.4, -0.2) is 49.3 Å². The van der Waals surface area contributed by atoms with Crippen molar-refractivity contribution in [2.75, 3.05) is 20.2 Å². The molecule has 2 aliphatic heterocycles. The third-order valence-electron chi connectivity index (χ3n) is 4.07. The van der Waals surface area contributed by atoms with Gasteiger partial charge in [0.15, 0.2) is 0 Å². The van der Waals surface area contributed by atoms with Crippen LogP contribution >= 0.6 is 0 Å². The normalized spacial score (nSPS) is 42.4. The topological polar surface area (TPSA) is 24.5 Å². The van der Waals surface area contributed by atoms with Gasteiger partial charge in [0, 0.05) is 31.3 Å². The molecule has 15 heavy (non-hydrogen) atoms. The lowest BCUT2D eigenvalue weighted by atomic mass is 9.98. The SMILES string of the molecule is CC1CCC(N(C)C2CCOC2C)CN1. The Morgan fingerprint density at radius 3 is 2.53 bits per heavy atom. The molecule has 4 atom stereocenters. The molecule has 0 saturated carbocycles. The molecule has 2 rings (SSSR count). The van der Waals surface area contributed by atoms with Gasteiger partial charge in [-0.1, -0.05) is 0 Å². The Morgan fingerprint density at radius 1 is 1.20 bits per heavy atom. The van der Waals surface area contributed by atoms with Gasteiger partial charge < -0.3 is 10.1 Å². The van der Waals surface area contributed by atoms with Crippen molar-refractivity contribution in [2.45, 2.75) is 57.3 Å². The summed E-state index contributed by atoms with van der Waals surface area (Å²) in [5.41, 5.74) is 0. The number of likely N-dealkylation sites (N-methyl/N-ethyl adjacent to an activating group) is 1. The van der Waals surface area contributed by atoms with Crippen molar-refractivity contribution < 1.29 is 4.74 Å². The van der Waals surface area contributed by atoms with E-state index in [9.17, 15) is 0 Å². The minimum absolute atomic E-state index is 0.411. The summed E-state index contributed by atoms with van der Waals surface area (Å²) in [6.07, 6.45) is 4.24. The van der Waals surface area contributed by atoms with Gasteiger partial charge in [-0.05, 0) is 40.2 Å². The summed E-state index contributed by atoms with van der Waals surface area (Å²) in [4.78, 5) is 2.54. The first-order valence-corrected chi connectivity index (χ1v) is 6.25. The highest BCUT2D eigenvalue weighted by Gasteiger charge is 2.32. The molecule has 4 unspecified atom stereocenters. The van der Waals surface area contributed by atoms with Crippen LogP contribution in [-0.2, 0) is 4.74 Å². The Kier molecular flexibility index (Phi) is 3.65. The second-order valence-electron chi connectivity index (χ2n) is 5.14. The van der Waals surface area contributed by atoms with Gasteiger partial charge in [0.1, 0.15) is 0 Å². The summed E-state index contributed by atoms with van der Waals surface area (Å²) < 4.78 is 5.64. The number of hydrogen-bond acceptors (Lipinski definition) is 3. The number of rotatable bonds is 2. The minimum Gasteiger partial charge on any atom is -0.377 e. The minimum atomic E-state index is 0.411. The zero-order valence-electron chi connectivity index (χ0n) is 10.2. The molecule has 88 valence electrons. The van der Waals surface area contributed by atoms with E-state index < -0.39 is 0 Å². The Labute approximate surface area is 93.2 Å². The average molecular weight is 212 g/mol. The average Bonchev–Trinajstić information content (AvgIpc) is 2.65. The van der Waals surface area contributed by atoms with Crippen LogP contribution in [0.5, 0.6) is 0 Å². The summed E-state index contributed by atoms with van der Waals surface area (Å²) in [6, 6.07) is 2.03. The van der Waals surface area contributed by atoms with E-state index >= 15 is 0 Å². The molecular weight excluding hydrogens is 188 g/mol. The van der Waals surface area contributed by atoms with Crippen molar-refractivity contribution in [3.05, 3.63) is 0 Å². The van der Waals surface area contributed by atoms with Crippen molar-refractivity contribution in [1.82, 2.24) is 10.2 Å². The van der Waals surface area contributed by atoms with E-state index in [4.69, 9.17) is 4.74 Å². The van der Waals surface area contributed by atoms with Crippen LogP contribution in [0.25, 0.3) is 0 Å². The van der Waals surface area contributed by atoms with Gasteiger partial charge in [0.2, 0.25) is 0 Å². The van der Waals surface area contributed by atoms with Crippen molar-refractivity contribution in [3.8, 4) is 0 Å². The first kappa shape index (κ1) is 11.4. The molecule has 0 aliphatic carbocycles. The summed E-state index contributed by atoms with van der Waals surface area (Å²) in [5.74, 6) is 0. The predicted molar refractivity (Wildman–Crippen MR) is 62.1 cm³/mol. The van der Waals surface area contributed by atoms with E-state index in [-0.39, 0.29) is 0 Å². The molecular formula is C12H24N2O. The van der Waals surface area contributed by atoms with Crippen molar-refractivity contribution >= 4 is 0 Å². The molecule has 2 heterocycles. The van der Waals surface area contributed by atoms with E-state index in [1.54, 1.807) is 0 Å². The smallest absolute Gasteiger partial charge is 0.0703 e. The molecule has 0 bridgehead atoms. The van der Waals surface area contributed by atoms with Gasteiger partial charge in [-0.2, -0.15) is 0 Å². The van der Waals surface area contributed by atoms with Crippen molar-refractivity contribution in [2.24, 2.45) is 0 Å². The second kappa shape index (κ2) is 4.81. The van der Waals surface area contributed by atoms with Gasteiger partial charge in [0.25, 0.3) is 0 Å². The van der Waals surface area contributed by atoms with E-state index in [1.807, 2.05) is 0 Å². The lowest BCUT2D eigenvalue weighted by molar-refractivity contribution is 0.0592. The van der Waals surface area contributed by atoms with E-state index in [2.05, 4.69) is 31.1 Å². The number of piperidine rings is 1. The quantitative estimate of drug-likeness (QED) is 0.745. The number of ether oxygens (including phenoxy) is 1. The van der Waals surface area contributed by atoms with E-state index in [1.165, 1.54) is 19.3 Å². The van der Waals surface area contributed by atoms with Crippen LogP contribution in [0.4, 0.5) is 0 Å². The molecule has 0 radical (unpaired) electrons. The molecule has 0 aromatic rings. The van der Waals surface area contributed by atoms with Gasteiger partial charge in [-0.3, -0.25) is 4.90 Å². The zero-order chi connectivity index (χ0) is 10.8. The highest BCUT2D eigenvalue weighted by Crippen LogP contribution is 2.23. The second-order valence-corrected chi connectivity index (χ2v) is 5.14. The van der Waals surface area contributed by atoms with E-state index in [0.29, 0.717) is 24.2 Å².